The van der Waals surface area contributed by atoms with Gasteiger partial charge in [-0.3, -0.25) is 4.98 Å². The average Bonchev–Trinajstić information content (AvgIpc) is 3.01. The molecule has 2 heterocycles. The summed E-state index contributed by atoms with van der Waals surface area (Å²) in [5.41, 5.74) is 4.81. The topological polar surface area (TPSA) is 24.9 Å². The molecule has 0 saturated heterocycles. The first-order valence-electron chi connectivity index (χ1n) is 7.41. The van der Waals surface area contributed by atoms with Gasteiger partial charge in [0.1, 0.15) is 0 Å². The van der Waals surface area contributed by atoms with Crippen molar-refractivity contribution in [2.75, 3.05) is 6.54 Å². The summed E-state index contributed by atoms with van der Waals surface area (Å²) in [6.45, 7) is 5.28. The van der Waals surface area contributed by atoms with Crippen LogP contribution in [0.15, 0.2) is 47.2 Å². The first-order valence-corrected chi connectivity index (χ1v) is 8.35. The minimum absolute atomic E-state index is 0.239. The summed E-state index contributed by atoms with van der Waals surface area (Å²) in [7, 11) is 0. The maximum atomic E-state index is 4.66. The zero-order chi connectivity index (χ0) is 14.7. The van der Waals surface area contributed by atoms with Crippen molar-refractivity contribution in [3.05, 3.63) is 64.0 Å². The molecular weight excluding hydrogens is 276 g/mol. The summed E-state index contributed by atoms with van der Waals surface area (Å²) in [4.78, 5) is 4.66. The Morgan fingerprint density at radius 3 is 2.86 bits per heavy atom. The summed E-state index contributed by atoms with van der Waals surface area (Å²) in [5.74, 6) is 0. The van der Waals surface area contributed by atoms with Crippen molar-refractivity contribution >= 4 is 22.2 Å². The fourth-order valence-corrected chi connectivity index (χ4v) is 3.40. The molecule has 1 N–H and O–H groups in total. The highest BCUT2D eigenvalue weighted by Crippen LogP contribution is 2.30. The van der Waals surface area contributed by atoms with E-state index < -0.39 is 0 Å². The standard InChI is InChI=1S/C18H20N2S/c1-3-9-19-18(14-8-10-21-12-14)16-11-13(2)20-17-7-5-4-6-15(16)17/h4-8,10-12,18-19H,3,9H2,1-2H3. The van der Waals surface area contributed by atoms with Crippen LogP contribution in [0.25, 0.3) is 10.9 Å². The lowest BCUT2D eigenvalue weighted by atomic mass is 9.96. The molecule has 2 nitrogen and oxygen atoms in total. The zero-order valence-corrected chi connectivity index (χ0v) is 13.3. The highest BCUT2D eigenvalue weighted by molar-refractivity contribution is 7.08. The molecule has 0 saturated carbocycles. The van der Waals surface area contributed by atoms with Gasteiger partial charge in [0.25, 0.3) is 0 Å². The molecule has 3 aromatic rings. The summed E-state index contributed by atoms with van der Waals surface area (Å²) in [6.07, 6.45) is 1.13. The molecule has 1 atom stereocenters. The largest absolute Gasteiger partial charge is 0.306 e. The number of hydrogen-bond donors (Lipinski definition) is 1. The van der Waals surface area contributed by atoms with E-state index in [0.717, 1.165) is 24.2 Å². The van der Waals surface area contributed by atoms with Gasteiger partial charge < -0.3 is 5.32 Å². The van der Waals surface area contributed by atoms with Gasteiger partial charge in [0.2, 0.25) is 0 Å². The second-order valence-electron chi connectivity index (χ2n) is 5.31. The van der Waals surface area contributed by atoms with Crippen molar-refractivity contribution in [2.24, 2.45) is 0 Å². The van der Waals surface area contributed by atoms with Crippen LogP contribution >= 0.6 is 11.3 Å². The van der Waals surface area contributed by atoms with E-state index in [1.165, 1.54) is 16.5 Å². The van der Waals surface area contributed by atoms with Crippen LogP contribution in [0.2, 0.25) is 0 Å². The minimum atomic E-state index is 0.239. The fourth-order valence-electron chi connectivity index (χ4n) is 2.71. The molecule has 3 rings (SSSR count). The van der Waals surface area contributed by atoms with Gasteiger partial charge in [0.05, 0.1) is 11.6 Å². The van der Waals surface area contributed by atoms with Gasteiger partial charge in [-0.1, -0.05) is 25.1 Å². The molecule has 1 aromatic carbocycles. The Labute approximate surface area is 129 Å². The second kappa shape index (κ2) is 6.37. The number of pyridine rings is 1. The van der Waals surface area contributed by atoms with E-state index in [4.69, 9.17) is 0 Å². The smallest absolute Gasteiger partial charge is 0.0708 e. The summed E-state index contributed by atoms with van der Waals surface area (Å²) in [6, 6.07) is 13.1. The molecular formula is C18H20N2S. The third-order valence-electron chi connectivity index (χ3n) is 3.66. The highest BCUT2D eigenvalue weighted by atomic mass is 32.1. The van der Waals surface area contributed by atoms with Gasteiger partial charge in [0, 0.05) is 11.1 Å². The molecule has 0 radical (unpaired) electrons. The monoisotopic (exact) mass is 296 g/mol. The number of para-hydroxylation sites is 1. The zero-order valence-electron chi connectivity index (χ0n) is 12.5. The normalized spacial score (nSPS) is 12.7. The Bertz CT molecular complexity index is 719. The molecule has 0 aliphatic rings. The van der Waals surface area contributed by atoms with Crippen LogP contribution in [0, 0.1) is 6.92 Å². The van der Waals surface area contributed by atoms with Crippen molar-refractivity contribution in [2.45, 2.75) is 26.3 Å². The molecule has 3 heteroatoms. The number of nitrogens with one attached hydrogen (secondary N) is 1. The van der Waals surface area contributed by atoms with Crippen LogP contribution in [0.3, 0.4) is 0 Å². The number of fused-ring (bicyclic) bond motifs is 1. The van der Waals surface area contributed by atoms with Crippen molar-refractivity contribution in [3.63, 3.8) is 0 Å². The third kappa shape index (κ3) is 2.99. The Kier molecular flexibility index (Phi) is 4.32. The number of thiophene rings is 1. The summed E-state index contributed by atoms with van der Waals surface area (Å²) >= 11 is 1.75. The fraction of sp³-hybridized carbons (Fsp3) is 0.278. The Morgan fingerprint density at radius 2 is 2.10 bits per heavy atom. The van der Waals surface area contributed by atoms with Crippen LogP contribution in [0.5, 0.6) is 0 Å². The van der Waals surface area contributed by atoms with Crippen LogP contribution < -0.4 is 5.32 Å². The Morgan fingerprint density at radius 1 is 1.24 bits per heavy atom. The van der Waals surface area contributed by atoms with Crippen molar-refractivity contribution in [3.8, 4) is 0 Å². The maximum absolute atomic E-state index is 4.66. The third-order valence-corrected chi connectivity index (χ3v) is 4.36. The molecule has 108 valence electrons. The molecule has 0 fully saturated rings. The Balaban J connectivity index is 2.14. The summed E-state index contributed by atoms with van der Waals surface area (Å²) in [5, 5.41) is 9.30. The highest BCUT2D eigenvalue weighted by Gasteiger charge is 2.17. The van der Waals surface area contributed by atoms with Gasteiger partial charge >= 0.3 is 0 Å². The van der Waals surface area contributed by atoms with E-state index in [0.29, 0.717) is 0 Å². The van der Waals surface area contributed by atoms with Crippen LogP contribution in [-0.4, -0.2) is 11.5 Å². The lowest BCUT2D eigenvalue weighted by Gasteiger charge is -2.20. The molecule has 21 heavy (non-hydrogen) atoms. The van der Waals surface area contributed by atoms with Crippen molar-refractivity contribution in [1.82, 2.24) is 10.3 Å². The number of aryl methyl sites for hydroxylation is 1. The van der Waals surface area contributed by atoms with Gasteiger partial charge in [-0.25, -0.2) is 0 Å². The lowest BCUT2D eigenvalue weighted by Crippen LogP contribution is -2.23. The van der Waals surface area contributed by atoms with Crippen LogP contribution in [0.1, 0.15) is 36.2 Å². The number of benzene rings is 1. The second-order valence-corrected chi connectivity index (χ2v) is 6.09. The predicted octanol–water partition coefficient (Wildman–Crippen LogP) is 4.69. The van der Waals surface area contributed by atoms with Crippen molar-refractivity contribution < 1.29 is 0 Å². The number of aromatic nitrogens is 1. The average molecular weight is 296 g/mol. The SMILES string of the molecule is CCCNC(c1ccsc1)c1cc(C)nc2ccccc12. The van der Waals surface area contributed by atoms with Crippen LogP contribution in [-0.2, 0) is 0 Å². The van der Waals surface area contributed by atoms with E-state index in [-0.39, 0.29) is 6.04 Å². The first kappa shape index (κ1) is 14.2. The van der Waals surface area contributed by atoms with Gasteiger partial charge in [-0.15, -0.1) is 0 Å². The first-order chi connectivity index (χ1) is 10.3. The van der Waals surface area contributed by atoms with Gasteiger partial charge in [-0.05, 0) is 60.0 Å². The molecule has 1 unspecified atom stereocenters. The van der Waals surface area contributed by atoms with E-state index in [1.54, 1.807) is 11.3 Å². The Hall–Kier alpha value is -1.71. The maximum Gasteiger partial charge on any atom is 0.0708 e. The number of rotatable bonds is 5. The van der Waals surface area contributed by atoms with E-state index >= 15 is 0 Å². The molecule has 0 bridgehead atoms. The molecule has 0 spiro atoms. The molecule has 2 aromatic heterocycles. The van der Waals surface area contributed by atoms with E-state index in [2.05, 4.69) is 71.3 Å². The van der Waals surface area contributed by atoms with Gasteiger partial charge in [0.15, 0.2) is 0 Å². The summed E-state index contributed by atoms with van der Waals surface area (Å²) < 4.78 is 0. The number of hydrogen-bond acceptors (Lipinski definition) is 3. The predicted molar refractivity (Wildman–Crippen MR) is 90.9 cm³/mol. The van der Waals surface area contributed by atoms with Gasteiger partial charge in [-0.2, -0.15) is 11.3 Å². The van der Waals surface area contributed by atoms with E-state index in [1.807, 2.05) is 0 Å². The molecule has 0 amide bonds. The van der Waals surface area contributed by atoms with Crippen molar-refractivity contribution in [1.29, 1.82) is 0 Å². The molecule has 0 aliphatic carbocycles. The quantitative estimate of drug-likeness (QED) is 0.738. The molecule has 0 aliphatic heterocycles. The number of nitrogens with zero attached hydrogens (tertiary/aromatic N) is 1. The van der Waals surface area contributed by atoms with E-state index in [9.17, 15) is 0 Å². The lowest BCUT2D eigenvalue weighted by molar-refractivity contribution is 0.602. The van der Waals surface area contributed by atoms with Crippen LogP contribution in [0.4, 0.5) is 0 Å². The minimum Gasteiger partial charge on any atom is -0.306 e.